The van der Waals surface area contributed by atoms with Crippen LogP contribution in [0.2, 0.25) is 0 Å². The van der Waals surface area contributed by atoms with Crippen molar-refractivity contribution in [2.75, 3.05) is 36.2 Å². The van der Waals surface area contributed by atoms with E-state index in [0.29, 0.717) is 41.5 Å². The normalized spacial score (nSPS) is 12.6. The van der Waals surface area contributed by atoms with Gasteiger partial charge in [-0.15, -0.1) is 0 Å². The van der Waals surface area contributed by atoms with Crippen LogP contribution in [0.3, 0.4) is 0 Å². The Kier molecular flexibility index (Phi) is 7.54. The largest absolute Gasteiger partial charge is 0.378 e. The van der Waals surface area contributed by atoms with Gasteiger partial charge in [-0.1, -0.05) is 23.5 Å². The topological polar surface area (TPSA) is 107 Å². The van der Waals surface area contributed by atoms with Crippen LogP contribution in [0.5, 0.6) is 0 Å². The number of nitrogens with one attached hydrogen (secondary N) is 3. The second-order valence-electron chi connectivity index (χ2n) is 9.06. The van der Waals surface area contributed by atoms with E-state index < -0.39 is 6.03 Å². The summed E-state index contributed by atoms with van der Waals surface area (Å²) in [5.74, 6) is -0.283. The van der Waals surface area contributed by atoms with Crippen LogP contribution in [-0.2, 0) is 13.0 Å². The lowest BCUT2D eigenvalue weighted by Crippen LogP contribution is -2.35. The van der Waals surface area contributed by atoms with E-state index >= 15 is 0 Å². The zero-order chi connectivity index (χ0) is 25.8. The zero-order valence-electron chi connectivity index (χ0n) is 20.8. The van der Waals surface area contributed by atoms with E-state index in [-0.39, 0.29) is 17.9 Å². The first-order valence-corrected chi connectivity index (χ1v) is 12.6. The molecule has 0 saturated heterocycles. The highest BCUT2D eigenvalue weighted by Crippen LogP contribution is 2.29. The van der Waals surface area contributed by atoms with Crippen LogP contribution in [0.1, 0.15) is 45.1 Å². The van der Waals surface area contributed by atoms with E-state index in [1.807, 2.05) is 57.1 Å². The van der Waals surface area contributed by atoms with Gasteiger partial charge < -0.3 is 20.4 Å². The van der Waals surface area contributed by atoms with Gasteiger partial charge in [0.1, 0.15) is 0 Å². The molecule has 0 saturated carbocycles. The number of urea groups is 1. The van der Waals surface area contributed by atoms with Crippen molar-refractivity contribution in [3.8, 4) is 0 Å². The molecule has 4 rings (SSSR count). The predicted octanol–water partition coefficient (Wildman–Crippen LogP) is 4.19. The summed E-state index contributed by atoms with van der Waals surface area (Å²) in [6.07, 6.45) is 0.620. The average Bonchev–Trinajstić information content (AvgIpc) is 3.24. The average molecular weight is 507 g/mol. The number of para-hydroxylation sites is 1. The molecule has 9 nitrogen and oxygen atoms in total. The van der Waals surface area contributed by atoms with Crippen molar-refractivity contribution in [3.63, 3.8) is 0 Å². The summed E-state index contributed by atoms with van der Waals surface area (Å²) in [6.45, 7) is 4.76. The van der Waals surface area contributed by atoms with E-state index in [1.165, 1.54) is 11.3 Å². The molecule has 0 radical (unpaired) electrons. The molecule has 188 valence electrons. The number of aromatic nitrogens is 1. The Morgan fingerprint density at radius 3 is 2.44 bits per heavy atom. The molecule has 1 aliphatic rings. The van der Waals surface area contributed by atoms with Crippen molar-refractivity contribution >= 4 is 45.7 Å². The molecule has 2 aromatic carbocycles. The van der Waals surface area contributed by atoms with E-state index in [1.54, 1.807) is 29.2 Å². The lowest BCUT2D eigenvalue weighted by molar-refractivity contribution is 0.0736. The van der Waals surface area contributed by atoms with Crippen molar-refractivity contribution < 1.29 is 14.4 Å². The summed E-state index contributed by atoms with van der Waals surface area (Å²) < 4.78 is 0. The van der Waals surface area contributed by atoms with Gasteiger partial charge in [-0.25, -0.2) is 9.78 Å². The smallest absolute Gasteiger partial charge is 0.325 e. The maximum atomic E-state index is 13.0. The monoisotopic (exact) mass is 506 g/mol. The van der Waals surface area contributed by atoms with Crippen molar-refractivity contribution in [1.82, 2.24) is 15.2 Å². The molecule has 10 heteroatoms. The Morgan fingerprint density at radius 2 is 1.75 bits per heavy atom. The van der Waals surface area contributed by atoms with Gasteiger partial charge in [0.25, 0.3) is 11.8 Å². The molecule has 1 aliphatic heterocycles. The molecular formula is C26H30N6O3S. The van der Waals surface area contributed by atoms with Crippen molar-refractivity contribution in [1.29, 1.82) is 0 Å². The van der Waals surface area contributed by atoms with Crippen LogP contribution in [0.4, 0.5) is 21.3 Å². The Bertz CT molecular complexity index is 1270. The summed E-state index contributed by atoms with van der Waals surface area (Å²) >= 11 is 1.35. The third kappa shape index (κ3) is 5.83. The number of hydrogen-bond donors (Lipinski definition) is 3. The maximum absolute atomic E-state index is 13.0. The number of fused-ring (bicyclic) bond motifs is 1. The quantitative estimate of drug-likeness (QED) is 0.465. The summed E-state index contributed by atoms with van der Waals surface area (Å²) in [5.41, 5.74) is 3.36. The first kappa shape index (κ1) is 25.2. The molecular weight excluding hydrogens is 476 g/mol. The third-order valence-electron chi connectivity index (χ3n) is 5.71. The van der Waals surface area contributed by atoms with Crippen LogP contribution in [0.15, 0.2) is 48.5 Å². The van der Waals surface area contributed by atoms with Gasteiger partial charge in [0.15, 0.2) is 5.13 Å². The lowest BCUT2D eigenvalue weighted by Gasteiger charge is -2.26. The van der Waals surface area contributed by atoms with Gasteiger partial charge in [0.2, 0.25) is 0 Å². The minimum Gasteiger partial charge on any atom is -0.378 e. The number of benzene rings is 2. The molecule has 0 atom stereocenters. The number of rotatable bonds is 6. The fourth-order valence-corrected chi connectivity index (χ4v) is 4.91. The fourth-order valence-electron chi connectivity index (χ4n) is 3.89. The van der Waals surface area contributed by atoms with Crippen LogP contribution >= 0.6 is 11.3 Å². The minimum atomic E-state index is -0.486. The maximum Gasteiger partial charge on any atom is 0.325 e. The summed E-state index contributed by atoms with van der Waals surface area (Å²) in [5, 5.41) is 8.79. The second-order valence-corrected chi connectivity index (χ2v) is 10.1. The van der Waals surface area contributed by atoms with Gasteiger partial charge in [0, 0.05) is 49.2 Å². The number of nitrogens with zero attached hydrogens (tertiary/aromatic N) is 3. The van der Waals surface area contributed by atoms with E-state index in [2.05, 4.69) is 20.9 Å². The van der Waals surface area contributed by atoms with E-state index in [0.717, 1.165) is 16.3 Å². The highest BCUT2D eigenvalue weighted by Gasteiger charge is 2.25. The molecule has 4 amide bonds. The number of hydrogen-bond acceptors (Lipinski definition) is 6. The van der Waals surface area contributed by atoms with E-state index in [9.17, 15) is 14.4 Å². The minimum absolute atomic E-state index is 0.0233. The SMILES string of the molecule is CC(C)NC(=O)c1ccccc1NC(=O)Nc1nc2c(s1)CN(C(=O)c1ccc(N(C)C)cc1)CC2. The fraction of sp³-hybridized carbons (Fsp3) is 0.308. The molecule has 0 fully saturated rings. The van der Waals surface area contributed by atoms with Crippen molar-refractivity contribution in [2.45, 2.75) is 32.9 Å². The number of carbonyl (C=O) groups excluding carboxylic acids is 3. The summed E-state index contributed by atoms with van der Waals surface area (Å²) in [6, 6.07) is 13.9. The molecule has 1 aromatic heterocycles. The molecule has 0 bridgehead atoms. The Labute approximate surface area is 214 Å². The van der Waals surface area contributed by atoms with Gasteiger partial charge in [-0.3, -0.25) is 14.9 Å². The molecule has 36 heavy (non-hydrogen) atoms. The lowest BCUT2D eigenvalue weighted by atomic mass is 10.1. The number of carbonyl (C=O) groups is 3. The Balaban J connectivity index is 1.40. The molecule has 0 spiro atoms. The number of anilines is 3. The predicted molar refractivity (Wildman–Crippen MR) is 143 cm³/mol. The second kappa shape index (κ2) is 10.8. The molecule has 0 unspecified atom stereocenters. The molecule has 3 aromatic rings. The van der Waals surface area contributed by atoms with Crippen molar-refractivity contribution in [3.05, 3.63) is 70.2 Å². The molecule has 0 aliphatic carbocycles. The summed E-state index contributed by atoms with van der Waals surface area (Å²) in [4.78, 5) is 47.4. The van der Waals surface area contributed by atoms with Gasteiger partial charge in [0.05, 0.1) is 23.5 Å². The van der Waals surface area contributed by atoms with Crippen LogP contribution in [-0.4, -0.2) is 54.4 Å². The highest BCUT2D eigenvalue weighted by molar-refractivity contribution is 7.15. The van der Waals surface area contributed by atoms with Gasteiger partial charge in [-0.05, 0) is 50.2 Å². The molecule has 3 N–H and O–H groups in total. The third-order valence-corrected chi connectivity index (χ3v) is 6.71. The first-order valence-electron chi connectivity index (χ1n) is 11.7. The number of amides is 4. The zero-order valence-corrected chi connectivity index (χ0v) is 21.6. The molecule has 2 heterocycles. The highest BCUT2D eigenvalue weighted by atomic mass is 32.1. The Hall–Kier alpha value is -3.92. The van der Waals surface area contributed by atoms with Gasteiger partial charge in [-0.2, -0.15) is 0 Å². The first-order chi connectivity index (χ1) is 17.2. The van der Waals surface area contributed by atoms with Crippen LogP contribution in [0.25, 0.3) is 0 Å². The Morgan fingerprint density at radius 1 is 1.03 bits per heavy atom. The number of thiazole rings is 1. The van der Waals surface area contributed by atoms with Crippen molar-refractivity contribution in [2.24, 2.45) is 0 Å². The van der Waals surface area contributed by atoms with Crippen LogP contribution in [0, 0.1) is 0 Å². The van der Waals surface area contributed by atoms with E-state index in [4.69, 9.17) is 0 Å². The van der Waals surface area contributed by atoms with Crippen LogP contribution < -0.4 is 20.9 Å². The van der Waals surface area contributed by atoms with Gasteiger partial charge >= 0.3 is 6.03 Å². The summed E-state index contributed by atoms with van der Waals surface area (Å²) in [7, 11) is 3.92. The standard InChI is InChI=1S/C26H30N6O3S/c1-16(2)27-23(33)19-7-5-6-8-20(19)28-25(35)30-26-29-21-13-14-32(15-22(21)36-26)24(34)17-9-11-18(12-10-17)31(3)4/h5-12,16H,13-15H2,1-4H3,(H,27,33)(H2,28,29,30,35).